The first-order chi connectivity index (χ1) is 8.09. The second-order valence-corrected chi connectivity index (χ2v) is 4.78. The van der Waals surface area contributed by atoms with E-state index in [9.17, 15) is 9.90 Å². The van der Waals surface area contributed by atoms with E-state index in [1.54, 1.807) is 25.1 Å². The van der Waals surface area contributed by atoms with Crippen LogP contribution in [0.3, 0.4) is 0 Å². The fraction of sp³-hybridized carbons (Fsp3) is 0.154. The van der Waals surface area contributed by atoms with Crippen molar-refractivity contribution in [2.45, 2.75) is 13.8 Å². The highest BCUT2D eigenvalue weighted by atomic mass is 32.1. The summed E-state index contributed by atoms with van der Waals surface area (Å²) in [7, 11) is 0. The second kappa shape index (κ2) is 4.59. The normalized spacial score (nSPS) is 10.2. The molecule has 1 amide bonds. The van der Waals surface area contributed by atoms with Crippen LogP contribution in [0.1, 0.15) is 20.8 Å². The van der Waals surface area contributed by atoms with E-state index in [0.717, 1.165) is 5.56 Å². The van der Waals surface area contributed by atoms with Crippen LogP contribution >= 0.6 is 11.3 Å². The van der Waals surface area contributed by atoms with Crippen LogP contribution in [-0.4, -0.2) is 11.0 Å². The molecule has 17 heavy (non-hydrogen) atoms. The minimum Gasteiger partial charge on any atom is -0.507 e. The number of hydrogen-bond acceptors (Lipinski definition) is 3. The molecule has 1 aromatic heterocycles. The van der Waals surface area contributed by atoms with Gasteiger partial charge in [0.2, 0.25) is 0 Å². The van der Waals surface area contributed by atoms with Gasteiger partial charge in [-0.3, -0.25) is 4.79 Å². The van der Waals surface area contributed by atoms with E-state index in [4.69, 9.17) is 0 Å². The number of hydrogen-bond donors (Lipinski definition) is 2. The van der Waals surface area contributed by atoms with Crippen molar-refractivity contribution in [3.05, 3.63) is 45.6 Å². The highest BCUT2D eigenvalue weighted by Crippen LogP contribution is 2.28. The van der Waals surface area contributed by atoms with E-state index in [-0.39, 0.29) is 11.7 Å². The smallest absolute Gasteiger partial charge is 0.265 e. The Labute approximate surface area is 104 Å². The van der Waals surface area contributed by atoms with E-state index in [0.29, 0.717) is 16.1 Å². The lowest BCUT2D eigenvalue weighted by molar-refractivity contribution is 0.103. The molecule has 0 spiro atoms. The number of rotatable bonds is 2. The van der Waals surface area contributed by atoms with Gasteiger partial charge in [0.05, 0.1) is 4.88 Å². The van der Waals surface area contributed by atoms with Gasteiger partial charge in [0.15, 0.2) is 0 Å². The summed E-state index contributed by atoms with van der Waals surface area (Å²) in [6, 6.07) is 7.19. The van der Waals surface area contributed by atoms with Crippen molar-refractivity contribution in [2.75, 3.05) is 5.32 Å². The first kappa shape index (κ1) is 11.7. The minimum absolute atomic E-state index is 0.147. The number of anilines is 1. The molecule has 88 valence electrons. The molecule has 4 heteroatoms. The van der Waals surface area contributed by atoms with Crippen molar-refractivity contribution in [3.8, 4) is 5.75 Å². The standard InChI is InChI=1S/C13H13NO2S/c1-8-5-6-10(9(2)12(8)15)14-13(16)11-4-3-7-17-11/h3-7,15H,1-2H3,(H,14,16). The summed E-state index contributed by atoms with van der Waals surface area (Å²) in [5.74, 6) is 0.0836. The first-order valence-electron chi connectivity index (χ1n) is 5.23. The van der Waals surface area contributed by atoms with Gasteiger partial charge in [-0.15, -0.1) is 11.3 Å². The molecule has 0 aliphatic rings. The number of aryl methyl sites for hydroxylation is 1. The molecule has 2 N–H and O–H groups in total. The molecular weight excluding hydrogens is 234 g/mol. The number of nitrogens with one attached hydrogen (secondary N) is 1. The van der Waals surface area contributed by atoms with Gasteiger partial charge < -0.3 is 10.4 Å². The lowest BCUT2D eigenvalue weighted by Crippen LogP contribution is -2.11. The molecule has 3 nitrogen and oxygen atoms in total. The predicted molar refractivity (Wildman–Crippen MR) is 69.9 cm³/mol. The highest BCUT2D eigenvalue weighted by molar-refractivity contribution is 7.12. The molecule has 0 aliphatic heterocycles. The summed E-state index contributed by atoms with van der Waals surface area (Å²) in [6.45, 7) is 3.61. The summed E-state index contributed by atoms with van der Waals surface area (Å²) in [4.78, 5) is 12.5. The van der Waals surface area contributed by atoms with Gasteiger partial charge in [0.25, 0.3) is 5.91 Å². The van der Waals surface area contributed by atoms with Crippen molar-refractivity contribution in [1.82, 2.24) is 0 Å². The quantitative estimate of drug-likeness (QED) is 0.855. The summed E-state index contributed by atoms with van der Waals surface area (Å²) in [6.07, 6.45) is 0. The molecule has 0 saturated heterocycles. The third-order valence-electron chi connectivity index (χ3n) is 2.63. The van der Waals surface area contributed by atoms with Crippen molar-refractivity contribution < 1.29 is 9.90 Å². The molecule has 2 aromatic rings. The lowest BCUT2D eigenvalue weighted by Gasteiger charge is -2.10. The zero-order chi connectivity index (χ0) is 12.4. The Morgan fingerprint density at radius 1 is 1.29 bits per heavy atom. The minimum atomic E-state index is -0.147. The van der Waals surface area contributed by atoms with Crippen LogP contribution in [0.25, 0.3) is 0 Å². The number of carbonyl (C=O) groups is 1. The van der Waals surface area contributed by atoms with Gasteiger partial charge in [-0.1, -0.05) is 12.1 Å². The third kappa shape index (κ3) is 2.31. The van der Waals surface area contributed by atoms with E-state index in [1.807, 2.05) is 18.4 Å². The van der Waals surface area contributed by atoms with Crippen LogP contribution in [0, 0.1) is 13.8 Å². The number of carbonyl (C=O) groups excluding carboxylic acids is 1. The van der Waals surface area contributed by atoms with Crippen LogP contribution in [-0.2, 0) is 0 Å². The lowest BCUT2D eigenvalue weighted by atomic mass is 10.1. The Morgan fingerprint density at radius 2 is 2.06 bits per heavy atom. The number of phenols is 1. The van der Waals surface area contributed by atoms with E-state index in [2.05, 4.69) is 5.32 Å². The number of amides is 1. The van der Waals surface area contributed by atoms with Crippen LogP contribution in [0.5, 0.6) is 5.75 Å². The van der Waals surface area contributed by atoms with Crippen molar-refractivity contribution >= 4 is 22.9 Å². The first-order valence-corrected chi connectivity index (χ1v) is 6.11. The maximum absolute atomic E-state index is 11.8. The maximum atomic E-state index is 11.8. The molecule has 0 saturated carbocycles. The molecule has 0 atom stereocenters. The van der Waals surface area contributed by atoms with Gasteiger partial charge >= 0.3 is 0 Å². The molecule has 0 radical (unpaired) electrons. The van der Waals surface area contributed by atoms with E-state index in [1.165, 1.54) is 11.3 Å². The monoisotopic (exact) mass is 247 g/mol. The molecular formula is C13H13NO2S. The summed E-state index contributed by atoms with van der Waals surface area (Å²) in [5.41, 5.74) is 2.14. The Morgan fingerprint density at radius 3 is 2.71 bits per heavy atom. The molecule has 0 fully saturated rings. The summed E-state index contributed by atoms with van der Waals surface area (Å²) >= 11 is 1.39. The van der Waals surface area contributed by atoms with Crippen molar-refractivity contribution in [3.63, 3.8) is 0 Å². The highest BCUT2D eigenvalue weighted by Gasteiger charge is 2.11. The Balaban J connectivity index is 2.25. The maximum Gasteiger partial charge on any atom is 0.265 e. The Bertz CT molecular complexity index is 547. The summed E-state index contributed by atoms with van der Waals surface area (Å²) < 4.78 is 0. The SMILES string of the molecule is Cc1ccc(NC(=O)c2cccs2)c(C)c1O. The molecule has 0 bridgehead atoms. The third-order valence-corrected chi connectivity index (χ3v) is 3.49. The van der Waals surface area contributed by atoms with Crippen LogP contribution in [0.15, 0.2) is 29.6 Å². The van der Waals surface area contributed by atoms with Gasteiger partial charge in [-0.25, -0.2) is 0 Å². The number of benzene rings is 1. The molecule has 2 rings (SSSR count). The van der Waals surface area contributed by atoms with Crippen molar-refractivity contribution in [2.24, 2.45) is 0 Å². The average molecular weight is 247 g/mol. The zero-order valence-corrected chi connectivity index (χ0v) is 10.5. The second-order valence-electron chi connectivity index (χ2n) is 3.84. The number of thiophene rings is 1. The van der Waals surface area contributed by atoms with Crippen LogP contribution in [0.2, 0.25) is 0 Å². The molecule has 0 aliphatic carbocycles. The Hall–Kier alpha value is -1.81. The summed E-state index contributed by atoms with van der Waals surface area (Å²) in [5, 5.41) is 14.4. The molecule has 1 aromatic carbocycles. The van der Waals surface area contributed by atoms with E-state index < -0.39 is 0 Å². The van der Waals surface area contributed by atoms with Crippen molar-refractivity contribution in [1.29, 1.82) is 0 Å². The van der Waals surface area contributed by atoms with E-state index >= 15 is 0 Å². The van der Waals surface area contributed by atoms with Gasteiger partial charge in [0, 0.05) is 11.3 Å². The predicted octanol–water partition coefficient (Wildman–Crippen LogP) is 3.32. The zero-order valence-electron chi connectivity index (χ0n) is 9.65. The van der Waals surface area contributed by atoms with Crippen LogP contribution in [0.4, 0.5) is 5.69 Å². The largest absolute Gasteiger partial charge is 0.507 e. The van der Waals surface area contributed by atoms with Gasteiger partial charge in [0.1, 0.15) is 5.75 Å². The Kier molecular flexibility index (Phi) is 3.15. The fourth-order valence-corrected chi connectivity index (χ4v) is 2.18. The van der Waals surface area contributed by atoms with Gasteiger partial charge in [-0.05, 0) is 36.9 Å². The van der Waals surface area contributed by atoms with Crippen LogP contribution < -0.4 is 5.32 Å². The van der Waals surface area contributed by atoms with Gasteiger partial charge in [-0.2, -0.15) is 0 Å². The number of phenolic OH excluding ortho intramolecular Hbond substituents is 1. The fourth-order valence-electron chi connectivity index (χ4n) is 1.56. The topological polar surface area (TPSA) is 49.3 Å². The molecule has 0 unspecified atom stereocenters. The average Bonchev–Trinajstić information content (AvgIpc) is 2.83. The number of aromatic hydroxyl groups is 1. The molecule has 1 heterocycles.